The minimum absolute atomic E-state index is 0.389. The van der Waals surface area contributed by atoms with Gasteiger partial charge in [-0.15, -0.1) is 0 Å². The maximum absolute atomic E-state index is 8.98. The molecule has 0 aliphatic rings. The molecule has 2 aromatic rings. The molecule has 0 spiro atoms. The van der Waals surface area contributed by atoms with Gasteiger partial charge < -0.3 is 9.30 Å². The summed E-state index contributed by atoms with van der Waals surface area (Å²) in [5.74, 6) is 0. The maximum Gasteiger partial charge on any atom is 0.123 e. The van der Waals surface area contributed by atoms with E-state index < -0.39 is 0 Å². The quantitative estimate of drug-likeness (QED) is 0.784. The van der Waals surface area contributed by atoms with Gasteiger partial charge in [-0.25, -0.2) is 0 Å². The van der Waals surface area contributed by atoms with E-state index in [2.05, 4.69) is 6.07 Å². The van der Waals surface area contributed by atoms with E-state index in [4.69, 9.17) is 10.00 Å². The number of nitrogens with zero attached hydrogens (tertiary/aromatic N) is 2. The summed E-state index contributed by atoms with van der Waals surface area (Å²) in [6.45, 7) is 0.389. The second-order valence-electron chi connectivity index (χ2n) is 3.43. The highest BCUT2D eigenvalue weighted by atomic mass is 16.5. The zero-order valence-electron chi connectivity index (χ0n) is 9.05. The van der Waals surface area contributed by atoms with Crippen LogP contribution in [0.1, 0.15) is 5.69 Å². The number of rotatable bonds is 3. The molecule has 1 heterocycles. The highest BCUT2D eigenvalue weighted by Crippen LogP contribution is 2.22. The Bertz CT molecular complexity index is 508. The minimum Gasteiger partial charge on any atom is -0.364 e. The summed E-state index contributed by atoms with van der Waals surface area (Å²) >= 11 is 0. The van der Waals surface area contributed by atoms with Gasteiger partial charge in [0.1, 0.15) is 18.5 Å². The minimum atomic E-state index is 0.389. The predicted octanol–water partition coefficient (Wildman–Crippen LogP) is 2.63. The molecule has 16 heavy (non-hydrogen) atoms. The second kappa shape index (κ2) is 4.65. The number of methoxy groups -OCH3 is 1. The van der Waals surface area contributed by atoms with E-state index in [0.29, 0.717) is 12.4 Å². The van der Waals surface area contributed by atoms with Crippen molar-refractivity contribution in [2.75, 3.05) is 7.11 Å². The van der Waals surface area contributed by atoms with Crippen molar-refractivity contribution < 1.29 is 4.74 Å². The summed E-state index contributed by atoms with van der Waals surface area (Å²) in [5.41, 5.74) is 2.70. The normalized spacial score (nSPS) is 10.0. The molecule has 0 unspecified atom stereocenters. The van der Waals surface area contributed by atoms with Gasteiger partial charge in [-0.2, -0.15) is 5.26 Å². The SMILES string of the molecule is COCn1c(C#N)ccc1-c1ccccc1. The van der Waals surface area contributed by atoms with Crippen molar-refractivity contribution in [1.29, 1.82) is 5.26 Å². The monoisotopic (exact) mass is 212 g/mol. The van der Waals surface area contributed by atoms with Crippen LogP contribution in [-0.2, 0) is 11.5 Å². The fraction of sp³-hybridized carbons (Fsp3) is 0.154. The van der Waals surface area contributed by atoms with Gasteiger partial charge in [0.2, 0.25) is 0 Å². The molecule has 0 saturated heterocycles. The Kier molecular flexibility index (Phi) is 3.04. The molecule has 1 aromatic heterocycles. The number of aromatic nitrogens is 1. The second-order valence-corrected chi connectivity index (χ2v) is 3.43. The van der Waals surface area contributed by atoms with E-state index >= 15 is 0 Å². The lowest BCUT2D eigenvalue weighted by Gasteiger charge is -2.09. The van der Waals surface area contributed by atoms with Crippen LogP contribution in [0.4, 0.5) is 0 Å². The maximum atomic E-state index is 8.98. The Morgan fingerprint density at radius 3 is 2.56 bits per heavy atom. The Labute approximate surface area is 94.5 Å². The highest BCUT2D eigenvalue weighted by molar-refractivity contribution is 5.61. The van der Waals surface area contributed by atoms with Crippen LogP contribution in [0.25, 0.3) is 11.3 Å². The van der Waals surface area contributed by atoms with Crippen molar-refractivity contribution >= 4 is 0 Å². The van der Waals surface area contributed by atoms with E-state index in [-0.39, 0.29) is 0 Å². The van der Waals surface area contributed by atoms with Crippen LogP contribution >= 0.6 is 0 Å². The summed E-state index contributed by atoms with van der Waals surface area (Å²) in [6, 6.07) is 15.9. The molecule has 3 heteroatoms. The summed E-state index contributed by atoms with van der Waals surface area (Å²) in [7, 11) is 1.62. The molecule has 0 aliphatic heterocycles. The lowest BCUT2D eigenvalue weighted by molar-refractivity contribution is 0.132. The Morgan fingerprint density at radius 1 is 1.19 bits per heavy atom. The van der Waals surface area contributed by atoms with Gasteiger partial charge in [-0.3, -0.25) is 0 Å². The number of nitriles is 1. The number of hydrogen-bond donors (Lipinski definition) is 0. The lowest BCUT2D eigenvalue weighted by atomic mass is 10.1. The first-order chi connectivity index (χ1) is 7.86. The zero-order valence-corrected chi connectivity index (χ0v) is 9.05. The third-order valence-corrected chi connectivity index (χ3v) is 2.42. The molecular formula is C13H12N2O. The molecule has 2 rings (SSSR count). The van der Waals surface area contributed by atoms with Gasteiger partial charge in [0.15, 0.2) is 0 Å². The topological polar surface area (TPSA) is 38.0 Å². The summed E-state index contributed by atoms with van der Waals surface area (Å²) in [6.07, 6.45) is 0. The summed E-state index contributed by atoms with van der Waals surface area (Å²) < 4.78 is 6.96. The summed E-state index contributed by atoms with van der Waals surface area (Å²) in [5, 5.41) is 8.98. The molecule has 0 atom stereocenters. The first-order valence-electron chi connectivity index (χ1n) is 5.01. The first-order valence-corrected chi connectivity index (χ1v) is 5.01. The van der Waals surface area contributed by atoms with E-state index in [1.165, 1.54) is 0 Å². The van der Waals surface area contributed by atoms with Crippen LogP contribution in [0.3, 0.4) is 0 Å². The van der Waals surface area contributed by atoms with Crippen molar-refractivity contribution in [3.63, 3.8) is 0 Å². The third kappa shape index (κ3) is 1.83. The standard InChI is InChI=1S/C13H12N2O/c1-16-10-15-12(9-14)7-8-13(15)11-5-3-2-4-6-11/h2-8H,10H2,1H3. The molecule has 0 radical (unpaired) electrons. The molecule has 80 valence electrons. The van der Waals surface area contributed by atoms with Crippen LogP contribution in [0, 0.1) is 11.3 Å². The fourth-order valence-electron chi connectivity index (χ4n) is 1.69. The Hall–Kier alpha value is -2.05. The average molecular weight is 212 g/mol. The summed E-state index contributed by atoms with van der Waals surface area (Å²) in [4.78, 5) is 0. The van der Waals surface area contributed by atoms with Crippen LogP contribution in [0.15, 0.2) is 42.5 Å². The third-order valence-electron chi connectivity index (χ3n) is 2.42. The van der Waals surface area contributed by atoms with Crippen LogP contribution in [-0.4, -0.2) is 11.7 Å². The molecule has 0 aliphatic carbocycles. The van der Waals surface area contributed by atoms with E-state index in [0.717, 1.165) is 11.3 Å². The molecule has 0 N–H and O–H groups in total. The van der Waals surface area contributed by atoms with Gasteiger partial charge in [0.05, 0.1) is 5.69 Å². The molecule has 0 amide bonds. The molecule has 0 saturated carbocycles. The molecule has 0 fully saturated rings. The smallest absolute Gasteiger partial charge is 0.123 e. The number of ether oxygens (including phenoxy) is 1. The van der Waals surface area contributed by atoms with Crippen LogP contribution in [0.5, 0.6) is 0 Å². The first kappa shape index (κ1) is 10.5. The number of benzene rings is 1. The Balaban J connectivity index is 2.50. The van der Waals surface area contributed by atoms with Crippen LogP contribution < -0.4 is 0 Å². The van der Waals surface area contributed by atoms with Crippen LogP contribution in [0.2, 0.25) is 0 Å². The van der Waals surface area contributed by atoms with Gasteiger partial charge in [0, 0.05) is 7.11 Å². The largest absolute Gasteiger partial charge is 0.364 e. The zero-order chi connectivity index (χ0) is 11.4. The average Bonchev–Trinajstić information content (AvgIpc) is 2.74. The van der Waals surface area contributed by atoms with Gasteiger partial charge in [-0.05, 0) is 17.7 Å². The predicted molar refractivity (Wildman–Crippen MR) is 61.6 cm³/mol. The van der Waals surface area contributed by atoms with E-state index in [9.17, 15) is 0 Å². The lowest BCUT2D eigenvalue weighted by Crippen LogP contribution is -2.04. The van der Waals surface area contributed by atoms with E-state index in [1.54, 1.807) is 13.2 Å². The Morgan fingerprint density at radius 2 is 1.94 bits per heavy atom. The van der Waals surface area contributed by atoms with Gasteiger partial charge >= 0.3 is 0 Å². The molecule has 3 nitrogen and oxygen atoms in total. The van der Waals surface area contributed by atoms with Crippen molar-refractivity contribution in [3.05, 3.63) is 48.2 Å². The van der Waals surface area contributed by atoms with Crippen molar-refractivity contribution in [2.45, 2.75) is 6.73 Å². The van der Waals surface area contributed by atoms with Crippen molar-refractivity contribution in [2.24, 2.45) is 0 Å². The molecular weight excluding hydrogens is 200 g/mol. The highest BCUT2D eigenvalue weighted by Gasteiger charge is 2.08. The molecule has 1 aromatic carbocycles. The number of hydrogen-bond acceptors (Lipinski definition) is 2. The van der Waals surface area contributed by atoms with Gasteiger partial charge in [0.25, 0.3) is 0 Å². The molecule has 0 bridgehead atoms. The van der Waals surface area contributed by atoms with Crippen molar-refractivity contribution in [3.8, 4) is 17.3 Å². The van der Waals surface area contributed by atoms with Crippen molar-refractivity contribution in [1.82, 2.24) is 4.57 Å². The van der Waals surface area contributed by atoms with Gasteiger partial charge in [-0.1, -0.05) is 30.3 Å². The van der Waals surface area contributed by atoms with E-state index in [1.807, 2.05) is 41.0 Å². The fourth-order valence-corrected chi connectivity index (χ4v) is 1.69.